The second-order valence-electron chi connectivity index (χ2n) is 4.22. The summed E-state index contributed by atoms with van der Waals surface area (Å²) in [5.74, 6) is 1.33. The molecule has 0 aromatic rings. The highest BCUT2D eigenvalue weighted by Gasteiger charge is 2.12. The molecule has 0 amide bonds. The van der Waals surface area contributed by atoms with E-state index in [9.17, 15) is 0 Å². The van der Waals surface area contributed by atoms with Crippen molar-refractivity contribution in [1.82, 2.24) is 0 Å². The molecule has 0 aromatic carbocycles. The lowest BCUT2D eigenvalue weighted by molar-refractivity contribution is 0.373. The van der Waals surface area contributed by atoms with Gasteiger partial charge < -0.3 is 0 Å². The van der Waals surface area contributed by atoms with Crippen molar-refractivity contribution in [2.24, 2.45) is 11.8 Å². The molecule has 14 heavy (non-hydrogen) atoms. The first-order chi connectivity index (χ1) is 6.61. The number of hydrogen-bond acceptors (Lipinski definition) is 0. The Hall–Kier alpha value is -0.455. The van der Waals surface area contributed by atoms with Gasteiger partial charge in [0.05, 0.1) is 0 Å². The van der Waals surface area contributed by atoms with E-state index in [1.807, 2.05) is 0 Å². The van der Waals surface area contributed by atoms with E-state index in [0.29, 0.717) is 11.8 Å². The predicted molar refractivity (Wildman–Crippen MR) is 66.5 cm³/mol. The first-order valence-electron chi connectivity index (χ1n) is 5.67. The Labute approximate surface area is 90.9 Å². The summed E-state index contributed by atoms with van der Waals surface area (Å²) in [7, 11) is 5.56. The van der Waals surface area contributed by atoms with Crippen LogP contribution in [0.3, 0.4) is 0 Å². The Morgan fingerprint density at radius 3 is 2.50 bits per heavy atom. The maximum absolute atomic E-state index is 5.56. The van der Waals surface area contributed by atoms with Crippen LogP contribution in [0, 0.1) is 11.8 Å². The van der Waals surface area contributed by atoms with Crippen LogP contribution in [0.5, 0.6) is 0 Å². The molecule has 0 aliphatic carbocycles. The molecular weight excluding hydrogens is 167 g/mol. The molecule has 2 atom stereocenters. The van der Waals surface area contributed by atoms with Crippen LogP contribution in [0.4, 0.5) is 0 Å². The van der Waals surface area contributed by atoms with E-state index in [1.165, 1.54) is 19.3 Å². The van der Waals surface area contributed by atoms with E-state index in [1.54, 1.807) is 0 Å². The van der Waals surface area contributed by atoms with Crippen molar-refractivity contribution in [3.63, 3.8) is 0 Å². The second-order valence-corrected chi connectivity index (χ2v) is 4.22. The molecule has 0 fully saturated rings. The second kappa shape index (κ2) is 7.90. The predicted octanol–water partition coefficient (Wildman–Crippen LogP) is 4.08. The molecule has 0 rings (SSSR count). The summed E-state index contributed by atoms with van der Waals surface area (Å²) in [4.78, 5) is 0. The number of unbranched alkanes of at least 4 members (excludes halogenated alkanes) is 1. The molecule has 1 heteroatoms. The highest BCUT2D eigenvalue weighted by atomic mass is 14.2. The molecule has 0 aliphatic heterocycles. The van der Waals surface area contributed by atoms with E-state index in [0.717, 1.165) is 18.3 Å². The van der Waals surface area contributed by atoms with Crippen molar-refractivity contribution in [1.29, 1.82) is 0 Å². The third-order valence-corrected chi connectivity index (χ3v) is 2.85. The maximum Gasteiger partial charge on any atom is 0.106 e. The van der Waals surface area contributed by atoms with Gasteiger partial charge in [-0.15, -0.1) is 18.6 Å². The summed E-state index contributed by atoms with van der Waals surface area (Å²) in [6.45, 7) is 12.1. The van der Waals surface area contributed by atoms with Crippen LogP contribution in [-0.4, -0.2) is 7.85 Å². The van der Waals surface area contributed by atoms with Gasteiger partial charge in [-0.2, -0.15) is 0 Å². The van der Waals surface area contributed by atoms with Crippen LogP contribution < -0.4 is 0 Å². The summed E-state index contributed by atoms with van der Waals surface area (Å²) in [6, 6.07) is 0. The Morgan fingerprint density at radius 2 is 2.07 bits per heavy atom. The van der Waals surface area contributed by atoms with Crippen molar-refractivity contribution in [3.8, 4) is 0 Å². The normalized spacial score (nSPS) is 14.7. The minimum Gasteiger partial charge on any atom is -0.125 e. The van der Waals surface area contributed by atoms with Gasteiger partial charge in [-0.05, 0) is 31.1 Å². The van der Waals surface area contributed by atoms with Crippen molar-refractivity contribution in [2.45, 2.75) is 46.0 Å². The van der Waals surface area contributed by atoms with E-state index < -0.39 is 0 Å². The molecule has 0 aliphatic rings. The molecule has 0 heterocycles. The molecule has 2 radical (unpaired) electrons. The summed E-state index contributed by atoms with van der Waals surface area (Å²) in [5.41, 5.74) is 0.801. The lowest BCUT2D eigenvalue weighted by atomic mass is 9.82. The Kier molecular flexibility index (Phi) is 7.65. The third-order valence-electron chi connectivity index (χ3n) is 2.85. The molecule has 0 N–H and O–H groups in total. The summed E-state index contributed by atoms with van der Waals surface area (Å²) in [6.07, 6.45) is 8.00. The van der Waals surface area contributed by atoms with Gasteiger partial charge in [-0.1, -0.05) is 32.8 Å². The minimum atomic E-state index is 0.648. The summed E-state index contributed by atoms with van der Waals surface area (Å²) in [5, 5.41) is 0. The van der Waals surface area contributed by atoms with Gasteiger partial charge in [0.1, 0.15) is 7.85 Å². The smallest absolute Gasteiger partial charge is 0.106 e. The molecule has 0 aromatic heterocycles. The molecule has 0 saturated heterocycles. The standard InChI is InChI=1S/C13H23B/c1-5-7-8-13(6-2)11(3)9-10-12(4)14/h6,11,13H,2,4-5,7-10H2,1,3H3. The molecule has 0 nitrogen and oxygen atoms in total. The van der Waals surface area contributed by atoms with E-state index in [2.05, 4.69) is 33.1 Å². The average molecular weight is 190 g/mol. The van der Waals surface area contributed by atoms with Gasteiger partial charge in [-0.3, -0.25) is 0 Å². The Morgan fingerprint density at radius 1 is 1.43 bits per heavy atom. The SMILES string of the molecule is [B]C(=C)CCC(C)C(C=C)CCCC. The van der Waals surface area contributed by atoms with Gasteiger partial charge in [0.2, 0.25) is 0 Å². The number of allylic oxidation sites excluding steroid dienone is 2. The zero-order chi connectivity index (χ0) is 11.0. The molecule has 0 bridgehead atoms. The minimum absolute atomic E-state index is 0.648. The largest absolute Gasteiger partial charge is 0.125 e. The summed E-state index contributed by atoms with van der Waals surface area (Å²) < 4.78 is 0. The van der Waals surface area contributed by atoms with E-state index >= 15 is 0 Å². The third kappa shape index (κ3) is 6.07. The number of rotatable bonds is 8. The summed E-state index contributed by atoms with van der Waals surface area (Å²) >= 11 is 0. The van der Waals surface area contributed by atoms with Crippen LogP contribution in [-0.2, 0) is 0 Å². The van der Waals surface area contributed by atoms with Crippen LogP contribution in [0.25, 0.3) is 0 Å². The van der Waals surface area contributed by atoms with Gasteiger partial charge in [0.15, 0.2) is 0 Å². The van der Waals surface area contributed by atoms with Gasteiger partial charge >= 0.3 is 0 Å². The van der Waals surface area contributed by atoms with E-state index in [-0.39, 0.29) is 0 Å². The van der Waals surface area contributed by atoms with Gasteiger partial charge in [-0.25, -0.2) is 0 Å². The van der Waals surface area contributed by atoms with Crippen LogP contribution in [0.2, 0.25) is 0 Å². The van der Waals surface area contributed by atoms with Gasteiger partial charge in [0.25, 0.3) is 0 Å². The topological polar surface area (TPSA) is 0 Å². The molecule has 2 unspecified atom stereocenters. The highest BCUT2D eigenvalue weighted by Crippen LogP contribution is 2.24. The molecule has 0 spiro atoms. The van der Waals surface area contributed by atoms with Crippen molar-refractivity contribution < 1.29 is 0 Å². The van der Waals surface area contributed by atoms with Crippen LogP contribution in [0.15, 0.2) is 24.7 Å². The Bertz CT molecular complexity index is 172. The van der Waals surface area contributed by atoms with Crippen molar-refractivity contribution in [3.05, 3.63) is 24.7 Å². The van der Waals surface area contributed by atoms with Crippen molar-refractivity contribution >= 4 is 7.85 Å². The molecular formula is C13H23B. The fourth-order valence-electron chi connectivity index (χ4n) is 1.70. The van der Waals surface area contributed by atoms with Crippen molar-refractivity contribution in [2.75, 3.05) is 0 Å². The number of hydrogen-bond donors (Lipinski definition) is 0. The average Bonchev–Trinajstić information content (AvgIpc) is 2.16. The Balaban J connectivity index is 3.84. The van der Waals surface area contributed by atoms with E-state index in [4.69, 9.17) is 7.85 Å². The quantitative estimate of drug-likeness (QED) is 0.399. The zero-order valence-electron chi connectivity index (χ0n) is 9.76. The fraction of sp³-hybridized carbons (Fsp3) is 0.692. The van der Waals surface area contributed by atoms with Gasteiger partial charge in [0, 0.05) is 0 Å². The highest BCUT2D eigenvalue weighted by molar-refractivity contribution is 6.21. The van der Waals surface area contributed by atoms with Crippen LogP contribution in [0.1, 0.15) is 46.0 Å². The molecule has 78 valence electrons. The fourth-order valence-corrected chi connectivity index (χ4v) is 1.70. The lowest BCUT2D eigenvalue weighted by Crippen LogP contribution is -2.09. The lowest BCUT2D eigenvalue weighted by Gasteiger charge is -2.20. The maximum atomic E-state index is 5.56. The first kappa shape index (κ1) is 13.5. The monoisotopic (exact) mass is 190 g/mol. The zero-order valence-corrected chi connectivity index (χ0v) is 9.76. The van der Waals surface area contributed by atoms with Crippen LogP contribution >= 0.6 is 0 Å². The molecule has 0 saturated carbocycles. The first-order valence-corrected chi connectivity index (χ1v) is 5.67.